The van der Waals surface area contributed by atoms with Crippen molar-refractivity contribution in [2.24, 2.45) is 0 Å². The predicted octanol–water partition coefficient (Wildman–Crippen LogP) is 1.15. The molecule has 0 heterocycles. The third-order valence-electron chi connectivity index (χ3n) is 1.36. The molecule has 0 aliphatic carbocycles. The smallest absolute Gasteiger partial charge is 0.245 e. The van der Waals surface area contributed by atoms with Gasteiger partial charge in [0.1, 0.15) is 0 Å². The minimum atomic E-state index is 0.0431. The van der Waals surface area contributed by atoms with Gasteiger partial charge in [0.15, 0.2) is 0 Å². The van der Waals surface area contributed by atoms with E-state index in [-0.39, 0.29) is 5.91 Å². The lowest BCUT2D eigenvalue weighted by atomic mass is 10.3. The summed E-state index contributed by atoms with van der Waals surface area (Å²) in [5.74, 6) is 1.07. The van der Waals surface area contributed by atoms with Gasteiger partial charge in [-0.15, -0.1) is 0 Å². The third kappa shape index (κ3) is 5.09. The van der Waals surface area contributed by atoms with Gasteiger partial charge in [-0.05, 0) is 18.4 Å². The fourth-order valence-electron chi connectivity index (χ4n) is 0.627. The summed E-state index contributed by atoms with van der Waals surface area (Å²) < 4.78 is 0. The number of carbonyl (C=O) groups excluding carboxylic acids is 1. The van der Waals surface area contributed by atoms with Crippen molar-refractivity contribution in [3.05, 3.63) is 0 Å². The van der Waals surface area contributed by atoms with E-state index in [0.717, 1.165) is 12.2 Å². The molecule has 0 aromatic rings. The average molecular weight is 177 g/mol. The Bertz CT molecular complexity index is 119. The van der Waals surface area contributed by atoms with Crippen molar-refractivity contribution in [1.29, 1.82) is 0 Å². The van der Waals surface area contributed by atoms with Gasteiger partial charge in [-0.25, -0.2) is 5.06 Å². The molecule has 0 saturated carbocycles. The normalized spacial score (nSPS) is 9.73. The van der Waals surface area contributed by atoms with Crippen LogP contribution in [0.1, 0.15) is 12.8 Å². The summed E-state index contributed by atoms with van der Waals surface area (Å²) in [4.78, 5) is 15.8. The Balaban J connectivity index is 3.36. The first-order valence-electron chi connectivity index (χ1n) is 3.52. The first-order valence-corrected chi connectivity index (χ1v) is 4.91. The molecule has 0 bridgehead atoms. The summed E-state index contributed by atoms with van der Waals surface area (Å²) in [7, 11) is 3.12. The number of amides is 1. The second kappa shape index (κ2) is 6.49. The van der Waals surface area contributed by atoms with Gasteiger partial charge in [0.2, 0.25) is 5.91 Å². The molecule has 0 unspecified atom stereocenters. The van der Waals surface area contributed by atoms with Gasteiger partial charge in [0.05, 0.1) is 7.11 Å². The van der Waals surface area contributed by atoms with Crippen LogP contribution in [-0.4, -0.2) is 37.1 Å². The van der Waals surface area contributed by atoms with Crippen LogP contribution in [0.2, 0.25) is 0 Å². The average Bonchev–Trinajstić information content (AvgIpc) is 2.03. The Morgan fingerprint density at radius 3 is 2.73 bits per heavy atom. The molecule has 0 aliphatic rings. The standard InChI is InChI=1S/C7H15NO2S/c1-8(10-2)7(9)5-4-6-11-3/h4-6H2,1-3H3. The highest BCUT2D eigenvalue weighted by Crippen LogP contribution is 2.01. The number of hydroxylamine groups is 2. The maximum Gasteiger partial charge on any atom is 0.245 e. The lowest BCUT2D eigenvalue weighted by Crippen LogP contribution is -2.25. The molecule has 0 fully saturated rings. The van der Waals surface area contributed by atoms with E-state index >= 15 is 0 Å². The van der Waals surface area contributed by atoms with Crippen molar-refractivity contribution in [3.8, 4) is 0 Å². The van der Waals surface area contributed by atoms with Crippen molar-refractivity contribution < 1.29 is 9.63 Å². The lowest BCUT2D eigenvalue weighted by Gasteiger charge is -2.12. The van der Waals surface area contributed by atoms with Gasteiger partial charge < -0.3 is 0 Å². The number of thioether (sulfide) groups is 1. The van der Waals surface area contributed by atoms with Crippen molar-refractivity contribution in [2.45, 2.75) is 12.8 Å². The molecule has 0 aliphatic heterocycles. The summed E-state index contributed by atoms with van der Waals surface area (Å²) in [6.07, 6.45) is 3.53. The molecule has 0 saturated heterocycles. The quantitative estimate of drug-likeness (QED) is 0.466. The van der Waals surface area contributed by atoms with Gasteiger partial charge >= 0.3 is 0 Å². The van der Waals surface area contributed by atoms with Crippen molar-refractivity contribution in [2.75, 3.05) is 26.2 Å². The third-order valence-corrected chi connectivity index (χ3v) is 2.06. The summed E-state index contributed by atoms with van der Waals surface area (Å²) in [5.41, 5.74) is 0. The van der Waals surface area contributed by atoms with Crippen molar-refractivity contribution in [3.63, 3.8) is 0 Å². The van der Waals surface area contributed by atoms with E-state index in [9.17, 15) is 4.79 Å². The first kappa shape index (κ1) is 10.8. The van der Waals surface area contributed by atoms with Gasteiger partial charge in [-0.2, -0.15) is 11.8 Å². The molecule has 4 heteroatoms. The molecular formula is C7H15NO2S. The van der Waals surface area contributed by atoms with Crippen LogP contribution >= 0.6 is 11.8 Å². The van der Waals surface area contributed by atoms with Crippen LogP contribution < -0.4 is 0 Å². The van der Waals surface area contributed by atoms with Crippen molar-refractivity contribution >= 4 is 17.7 Å². The number of nitrogens with zero attached hydrogens (tertiary/aromatic N) is 1. The van der Waals surface area contributed by atoms with E-state index < -0.39 is 0 Å². The zero-order valence-electron chi connectivity index (χ0n) is 7.29. The number of hydrogen-bond donors (Lipinski definition) is 0. The molecule has 0 spiro atoms. The Labute approximate surface area is 72.0 Å². The maximum atomic E-state index is 11.0. The summed E-state index contributed by atoms with van der Waals surface area (Å²) >= 11 is 1.75. The second-order valence-electron chi connectivity index (χ2n) is 2.17. The lowest BCUT2D eigenvalue weighted by molar-refractivity contribution is -0.168. The molecule has 1 amide bonds. The second-order valence-corrected chi connectivity index (χ2v) is 3.16. The molecular weight excluding hydrogens is 162 g/mol. The van der Waals surface area contributed by atoms with Crippen LogP contribution in [0.3, 0.4) is 0 Å². The number of hydrogen-bond acceptors (Lipinski definition) is 3. The topological polar surface area (TPSA) is 29.5 Å². The molecule has 11 heavy (non-hydrogen) atoms. The predicted molar refractivity (Wildman–Crippen MR) is 47.4 cm³/mol. The van der Waals surface area contributed by atoms with E-state index in [1.165, 1.54) is 12.2 Å². The van der Waals surface area contributed by atoms with E-state index in [1.54, 1.807) is 18.8 Å². The van der Waals surface area contributed by atoms with Gasteiger partial charge in [0.25, 0.3) is 0 Å². The highest BCUT2D eigenvalue weighted by Gasteiger charge is 2.05. The molecule has 0 aromatic heterocycles. The Morgan fingerprint density at radius 1 is 1.64 bits per heavy atom. The van der Waals surface area contributed by atoms with Crippen LogP contribution in [0.5, 0.6) is 0 Å². The van der Waals surface area contributed by atoms with Crippen molar-refractivity contribution in [1.82, 2.24) is 5.06 Å². The van der Waals surface area contributed by atoms with E-state index in [1.807, 2.05) is 6.26 Å². The van der Waals surface area contributed by atoms with Gasteiger partial charge in [0, 0.05) is 13.5 Å². The zero-order valence-corrected chi connectivity index (χ0v) is 8.11. The minimum absolute atomic E-state index is 0.0431. The highest BCUT2D eigenvalue weighted by molar-refractivity contribution is 7.98. The van der Waals surface area contributed by atoms with Crippen LogP contribution in [0.15, 0.2) is 0 Å². The van der Waals surface area contributed by atoms with Crippen LogP contribution in [0.25, 0.3) is 0 Å². The Kier molecular flexibility index (Phi) is 6.36. The monoisotopic (exact) mass is 177 g/mol. The van der Waals surface area contributed by atoms with Crippen LogP contribution in [-0.2, 0) is 9.63 Å². The molecule has 3 nitrogen and oxygen atoms in total. The molecule has 0 N–H and O–H groups in total. The Hall–Kier alpha value is -0.220. The summed E-state index contributed by atoms with van der Waals surface area (Å²) in [5, 5.41) is 1.26. The summed E-state index contributed by atoms with van der Waals surface area (Å²) in [6, 6.07) is 0. The van der Waals surface area contributed by atoms with E-state index in [2.05, 4.69) is 0 Å². The van der Waals surface area contributed by atoms with E-state index in [0.29, 0.717) is 6.42 Å². The fourth-order valence-corrected chi connectivity index (χ4v) is 1.06. The SMILES string of the molecule is CON(C)C(=O)CCCSC. The first-order chi connectivity index (χ1) is 5.22. The molecule has 0 aromatic carbocycles. The Morgan fingerprint density at radius 2 is 2.27 bits per heavy atom. The van der Waals surface area contributed by atoms with Crippen LogP contribution in [0.4, 0.5) is 0 Å². The van der Waals surface area contributed by atoms with Gasteiger partial charge in [-0.3, -0.25) is 9.63 Å². The molecule has 0 radical (unpaired) electrons. The van der Waals surface area contributed by atoms with Gasteiger partial charge in [-0.1, -0.05) is 0 Å². The maximum absolute atomic E-state index is 11.0. The molecule has 0 rings (SSSR count). The fraction of sp³-hybridized carbons (Fsp3) is 0.857. The van der Waals surface area contributed by atoms with Crippen LogP contribution in [0, 0.1) is 0 Å². The molecule has 0 atom stereocenters. The highest BCUT2D eigenvalue weighted by atomic mass is 32.2. The van der Waals surface area contributed by atoms with E-state index in [4.69, 9.17) is 4.84 Å². The number of rotatable bonds is 5. The number of carbonyl (C=O) groups is 1. The molecule has 66 valence electrons. The zero-order chi connectivity index (χ0) is 8.69. The summed E-state index contributed by atoms with van der Waals surface area (Å²) in [6.45, 7) is 0. The minimum Gasteiger partial charge on any atom is -0.275 e. The largest absolute Gasteiger partial charge is 0.275 e.